The average molecular weight is 247 g/mol. The van der Waals surface area contributed by atoms with E-state index in [1.807, 2.05) is 18.5 Å². The summed E-state index contributed by atoms with van der Waals surface area (Å²) in [5, 5.41) is 3.49. The molecule has 1 fully saturated rings. The molecule has 0 bridgehead atoms. The summed E-state index contributed by atoms with van der Waals surface area (Å²) in [6.07, 6.45) is 5.09. The van der Waals surface area contributed by atoms with Crippen LogP contribution in [0.15, 0.2) is 24.5 Å². The summed E-state index contributed by atoms with van der Waals surface area (Å²) in [5.74, 6) is 0. The first-order valence-electron chi connectivity index (χ1n) is 6.91. The molecule has 3 heteroatoms. The minimum Gasteiger partial charge on any atom is -0.314 e. The van der Waals surface area contributed by atoms with Crippen LogP contribution >= 0.6 is 0 Å². The molecule has 0 radical (unpaired) electrons. The molecule has 0 aromatic carbocycles. The van der Waals surface area contributed by atoms with Gasteiger partial charge >= 0.3 is 0 Å². The molecule has 1 aromatic heterocycles. The summed E-state index contributed by atoms with van der Waals surface area (Å²) in [4.78, 5) is 6.84. The lowest BCUT2D eigenvalue weighted by Gasteiger charge is -2.37. The molecular formula is C15H25N3. The summed E-state index contributed by atoms with van der Waals surface area (Å²) in [5.41, 5.74) is 1.74. The van der Waals surface area contributed by atoms with Crippen LogP contribution in [-0.2, 0) is 0 Å². The van der Waals surface area contributed by atoms with Crippen LogP contribution in [0.4, 0.5) is 0 Å². The van der Waals surface area contributed by atoms with Gasteiger partial charge in [0.05, 0.1) is 0 Å². The zero-order chi connectivity index (χ0) is 13.0. The number of piperazine rings is 1. The summed E-state index contributed by atoms with van der Waals surface area (Å²) >= 11 is 0. The lowest BCUT2D eigenvalue weighted by Crippen LogP contribution is -2.46. The quantitative estimate of drug-likeness (QED) is 0.889. The minimum atomic E-state index is 0.407. The van der Waals surface area contributed by atoms with E-state index in [-0.39, 0.29) is 0 Å². The van der Waals surface area contributed by atoms with Gasteiger partial charge in [0.1, 0.15) is 0 Å². The van der Waals surface area contributed by atoms with E-state index in [1.54, 1.807) is 0 Å². The smallest absolute Gasteiger partial charge is 0.0488 e. The van der Waals surface area contributed by atoms with Crippen LogP contribution in [0.1, 0.15) is 38.8 Å². The van der Waals surface area contributed by atoms with Crippen molar-refractivity contribution < 1.29 is 0 Å². The zero-order valence-corrected chi connectivity index (χ0v) is 11.8. The molecule has 18 heavy (non-hydrogen) atoms. The number of pyridine rings is 1. The van der Waals surface area contributed by atoms with Gasteiger partial charge in [-0.3, -0.25) is 9.88 Å². The second kappa shape index (κ2) is 5.81. The maximum Gasteiger partial charge on any atom is 0.0488 e. The van der Waals surface area contributed by atoms with Crippen molar-refractivity contribution in [3.63, 3.8) is 0 Å². The first-order chi connectivity index (χ1) is 8.56. The van der Waals surface area contributed by atoms with Gasteiger partial charge in [0.25, 0.3) is 0 Å². The van der Waals surface area contributed by atoms with Crippen LogP contribution in [0, 0.1) is 5.41 Å². The van der Waals surface area contributed by atoms with Crippen molar-refractivity contribution in [2.45, 2.75) is 33.2 Å². The first-order valence-corrected chi connectivity index (χ1v) is 6.91. The summed E-state index contributed by atoms with van der Waals surface area (Å²) in [7, 11) is 0. The van der Waals surface area contributed by atoms with Crippen molar-refractivity contribution >= 4 is 0 Å². The van der Waals surface area contributed by atoms with Crippen LogP contribution in [0.5, 0.6) is 0 Å². The van der Waals surface area contributed by atoms with Gasteiger partial charge in [0.2, 0.25) is 0 Å². The van der Waals surface area contributed by atoms with E-state index in [0.717, 1.165) is 19.6 Å². The van der Waals surface area contributed by atoms with Crippen molar-refractivity contribution in [2.75, 3.05) is 26.2 Å². The van der Waals surface area contributed by atoms with Crippen LogP contribution in [0.25, 0.3) is 0 Å². The standard InChI is InChI=1S/C15H25N3/c1-15(2,3)6-9-18-10-8-17-12-14(18)13-5-4-7-16-11-13/h4-5,7,11,14,17H,6,8-10,12H2,1-3H3. The second-order valence-corrected chi connectivity index (χ2v) is 6.35. The van der Waals surface area contributed by atoms with Gasteiger partial charge < -0.3 is 5.32 Å². The van der Waals surface area contributed by atoms with Gasteiger partial charge in [0, 0.05) is 38.1 Å². The highest BCUT2D eigenvalue weighted by Crippen LogP contribution is 2.25. The summed E-state index contributed by atoms with van der Waals surface area (Å²) in [6.45, 7) is 11.4. The number of rotatable bonds is 3. The highest BCUT2D eigenvalue weighted by molar-refractivity contribution is 5.15. The Labute approximate surface area is 111 Å². The van der Waals surface area contributed by atoms with E-state index in [1.165, 1.54) is 18.5 Å². The maximum absolute atomic E-state index is 4.25. The lowest BCUT2D eigenvalue weighted by atomic mass is 9.91. The molecule has 100 valence electrons. The lowest BCUT2D eigenvalue weighted by molar-refractivity contribution is 0.141. The van der Waals surface area contributed by atoms with Crippen molar-refractivity contribution in [2.24, 2.45) is 5.41 Å². The van der Waals surface area contributed by atoms with Gasteiger partial charge in [-0.15, -0.1) is 0 Å². The Hall–Kier alpha value is -0.930. The molecule has 0 spiro atoms. The van der Waals surface area contributed by atoms with E-state index in [2.05, 4.69) is 42.0 Å². The van der Waals surface area contributed by atoms with Gasteiger partial charge in [-0.25, -0.2) is 0 Å². The second-order valence-electron chi connectivity index (χ2n) is 6.35. The molecule has 0 aliphatic carbocycles. The Balaban J connectivity index is 2.02. The third-order valence-corrected chi connectivity index (χ3v) is 3.57. The number of nitrogens with zero attached hydrogens (tertiary/aromatic N) is 2. The fourth-order valence-corrected chi connectivity index (χ4v) is 2.39. The number of aromatic nitrogens is 1. The van der Waals surface area contributed by atoms with Crippen molar-refractivity contribution in [3.8, 4) is 0 Å². The Morgan fingerprint density at radius 3 is 2.94 bits per heavy atom. The first kappa shape index (κ1) is 13.5. The largest absolute Gasteiger partial charge is 0.314 e. The third kappa shape index (κ3) is 3.79. The molecule has 0 amide bonds. The molecule has 1 atom stereocenters. The highest BCUT2D eigenvalue weighted by Gasteiger charge is 2.24. The Morgan fingerprint density at radius 1 is 1.44 bits per heavy atom. The van der Waals surface area contributed by atoms with Crippen LogP contribution in [-0.4, -0.2) is 36.1 Å². The van der Waals surface area contributed by atoms with Gasteiger partial charge in [0.15, 0.2) is 0 Å². The van der Waals surface area contributed by atoms with Crippen LogP contribution in [0.3, 0.4) is 0 Å². The Bertz CT molecular complexity index is 356. The monoisotopic (exact) mass is 247 g/mol. The topological polar surface area (TPSA) is 28.2 Å². The highest BCUT2D eigenvalue weighted by atomic mass is 15.2. The normalized spacial score (nSPS) is 22.1. The van der Waals surface area contributed by atoms with Gasteiger partial charge in [-0.05, 0) is 30.0 Å². The molecule has 1 N–H and O–H groups in total. The molecule has 1 aromatic rings. The van der Waals surface area contributed by atoms with Crippen LogP contribution < -0.4 is 5.32 Å². The predicted molar refractivity (Wildman–Crippen MR) is 75.5 cm³/mol. The zero-order valence-electron chi connectivity index (χ0n) is 11.8. The van der Waals surface area contributed by atoms with Gasteiger partial charge in [-0.1, -0.05) is 26.8 Å². The van der Waals surface area contributed by atoms with E-state index >= 15 is 0 Å². The van der Waals surface area contributed by atoms with E-state index in [9.17, 15) is 0 Å². The Morgan fingerprint density at radius 2 is 2.28 bits per heavy atom. The molecule has 2 rings (SSSR count). The SMILES string of the molecule is CC(C)(C)CCN1CCNCC1c1cccnc1. The molecule has 1 aliphatic rings. The third-order valence-electron chi connectivity index (χ3n) is 3.57. The molecule has 3 nitrogen and oxygen atoms in total. The average Bonchev–Trinajstić information content (AvgIpc) is 2.37. The van der Waals surface area contributed by atoms with Crippen molar-refractivity contribution in [1.29, 1.82) is 0 Å². The fraction of sp³-hybridized carbons (Fsp3) is 0.667. The van der Waals surface area contributed by atoms with Crippen LogP contribution in [0.2, 0.25) is 0 Å². The van der Waals surface area contributed by atoms with E-state index in [4.69, 9.17) is 0 Å². The number of hydrogen-bond acceptors (Lipinski definition) is 3. The Kier molecular flexibility index (Phi) is 4.36. The molecule has 1 unspecified atom stereocenters. The van der Waals surface area contributed by atoms with Crippen molar-refractivity contribution in [1.82, 2.24) is 15.2 Å². The molecule has 1 saturated heterocycles. The molecule has 1 aliphatic heterocycles. The van der Waals surface area contributed by atoms with Gasteiger partial charge in [-0.2, -0.15) is 0 Å². The van der Waals surface area contributed by atoms with E-state index < -0.39 is 0 Å². The number of nitrogens with one attached hydrogen (secondary N) is 1. The molecular weight excluding hydrogens is 222 g/mol. The summed E-state index contributed by atoms with van der Waals surface area (Å²) < 4.78 is 0. The fourth-order valence-electron chi connectivity index (χ4n) is 2.39. The predicted octanol–water partition coefficient (Wildman–Crippen LogP) is 2.46. The summed E-state index contributed by atoms with van der Waals surface area (Å²) in [6, 6.07) is 4.70. The maximum atomic E-state index is 4.25. The molecule has 2 heterocycles. The minimum absolute atomic E-state index is 0.407. The molecule has 0 saturated carbocycles. The van der Waals surface area contributed by atoms with E-state index in [0.29, 0.717) is 11.5 Å². The van der Waals surface area contributed by atoms with Crippen molar-refractivity contribution in [3.05, 3.63) is 30.1 Å². The number of hydrogen-bond donors (Lipinski definition) is 1.